The van der Waals surface area contributed by atoms with Gasteiger partial charge in [0, 0.05) is 13.2 Å². The van der Waals surface area contributed by atoms with Crippen LogP contribution >= 0.6 is 0 Å². The zero-order chi connectivity index (χ0) is 14.0. The van der Waals surface area contributed by atoms with Crippen LogP contribution in [0.15, 0.2) is 30.5 Å². The van der Waals surface area contributed by atoms with Crippen LogP contribution in [0.4, 0.5) is 5.69 Å². The monoisotopic (exact) mass is 259 g/mol. The summed E-state index contributed by atoms with van der Waals surface area (Å²) in [4.78, 5) is 23.0. The zero-order valence-corrected chi connectivity index (χ0v) is 10.5. The number of rotatable bonds is 3. The molecule has 1 amide bonds. The number of anilines is 1. The molecule has 2 rings (SSSR count). The molecule has 0 fully saturated rings. The Morgan fingerprint density at radius 2 is 2.05 bits per heavy atom. The molecule has 0 aliphatic heterocycles. The van der Waals surface area contributed by atoms with E-state index in [4.69, 9.17) is 5.11 Å². The zero-order valence-electron chi connectivity index (χ0n) is 10.5. The van der Waals surface area contributed by atoms with E-state index in [1.54, 1.807) is 38.4 Å². The number of benzene rings is 1. The molecular weight excluding hydrogens is 246 g/mol. The first-order valence-electron chi connectivity index (χ1n) is 5.62. The molecule has 0 saturated heterocycles. The number of carboxylic acid groups (broad SMARTS) is 1. The minimum Gasteiger partial charge on any atom is -0.478 e. The summed E-state index contributed by atoms with van der Waals surface area (Å²) in [7, 11) is 1.70. The van der Waals surface area contributed by atoms with Gasteiger partial charge >= 0.3 is 5.97 Å². The number of carboxylic acids is 1. The third-order valence-electron chi connectivity index (χ3n) is 2.60. The van der Waals surface area contributed by atoms with Crippen LogP contribution in [0.1, 0.15) is 26.4 Å². The summed E-state index contributed by atoms with van der Waals surface area (Å²) in [6.07, 6.45) is 1.64. The SMILES string of the molecule is Cc1ccc(NC(=O)c2ccn(C)n2)c(C(=O)O)c1. The molecule has 0 aliphatic carbocycles. The summed E-state index contributed by atoms with van der Waals surface area (Å²) in [5.74, 6) is -1.52. The summed E-state index contributed by atoms with van der Waals surface area (Å²) >= 11 is 0. The van der Waals surface area contributed by atoms with Gasteiger partial charge in [-0.05, 0) is 25.1 Å². The second-order valence-electron chi connectivity index (χ2n) is 4.18. The van der Waals surface area contributed by atoms with Gasteiger partial charge in [-0.3, -0.25) is 9.48 Å². The fourth-order valence-corrected chi connectivity index (χ4v) is 1.67. The maximum atomic E-state index is 11.9. The minimum absolute atomic E-state index is 0.0595. The third-order valence-corrected chi connectivity index (χ3v) is 2.60. The van der Waals surface area contributed by atoms with Crippen LogP contribution in [0.2, 0.25) is 0 Å². The van der Waals surface area contributed by atoms with E-state index in [0.29, 0.717) is 0 Å². The van der Waals surface area contributed by atoms with Crippen LogP contribution in [0, 0.1) is 6.92 Å². The number of aromatic nitrogens is 2. The lowest BCUT2D eigenvalue weighted by atomic mass is 10.1. The Labute approximate surface area is 109 Å². The van der Waals surface area contributed by atoms with Crippen molar-refractivity contribution in [2.24, 2.45) is 7.05 Å². The maximum absolute atomic E-state index is 11.9. The topological polar surface area (TPSA) is 84.2 Å². The lowest BCUT2D eigenvalue weighted by molar-refractivity contribution is 0.0698. The molecule has 1 aromatic carbocycles. The molecule has 2 N–H and O–H groups in total. The number of carbonyl (C=O) groups excluding carboxylic acids is 1. The molecule has 0 spiro atoms. The van der Waals surface area contributed by atoms with Gasteiger partial charge < -0.3 is 10.4 Å². The van der Waals surface area contributed by atoms with Crippen LogP contribution in [0.5, 0.6) is 0 Å². The van der Waals surface area contributed by atoms with Gasteiger partial charge in [-0.1, -0.05) is 11.6 Å². The molecule has 0 radical (unpaired) electrons. The smallest absolute Gasteiger partial charge is 0.337 e. The lowest BCUT2D eigenvalue weighted by Crippen LogP contribution is -2.15. The van der Waals surface area contributed by atoms with Crippen molar-refractivity contribution in [1.29, 1.82) is 0 Å². The Balaban J connectivity index is 2.28. The van der Waals surface area contributed by atoms with Crippen LogP contribution in [-0.4, -0.2) is 26.8 Å². The van der Waals surface area contributed by atoms with Gasteiger partial charge in [0.2, 0.25) is 0 Å². The van der Waals surface area contributed by atoms with Gasteiger partial charge in [0.1, 0.15) is 0 Å². The largest absolute Gasteiger partial charge is 0.478 e. The van der Waals surface area contributed by atoms with Crippen molar-refractivity contribution in [3.05, 3.63) is 47.3 Å². The highest BCUT2D eigenvalue weighted by Crippen LogP contribution is 2.18. The first kappa shape index (κ1) is 12.8. The standard InChI is InChI=1S/C13H13N3O3/c1-8-3-4-10(9(7-8)13(18)19)14-12(17)11-5-6-16(2)15-11/h3-7H,1-2H3,(H,14,17)(H,18,19). The van der Waals surface area contributed by atoms with Crippen molar-refractivity contribution in [3.8, 4) is 0 Å². The molecule has 0 unspecified atom stereocenters. The molecule has 0 bridgehead atoms. The van der Waals surface area contributed by atoms with E-state index in [1.807, 2.05) is 0 Å². The van der Waals surface area contributed by atoms with E-state index in [2.05, 4.69) is 10.4 Å². The number of nitrogens with one attached hydrogen (secondary N) is 1. The van der Waals surface area contributed by atoms with Crippen LogP contribution in [0.3, 0.4) is 0 Å². The Bertz CT molecular complexity index is 646. The van der Waals surface area contributed by atoms with Gasteiger partial charge in [-0.2, -0.15) is 5.10 Å². The minimum atomic E-state index is -1.08. The number of aromatic carboxylic acids is 1. The summed E-state index contributed by atoms with van der Waals surface area (Å²) in [5, 5.41) is 15.6. The molecule has 0 atom stereocenters. The molecule has 19 heavy (non-hydrogen) atoms. The van der Waals surface area contributed by atoms with Crippen molar-refractivity contribution in [3.63, 3.8) is 0 Å². The van der Waals surface area contributed by atoms with E-state index in [0.717, 1.165) is 5.56 Å². The summed E-state index contributed by atoms with van der Waals surface area (Å²) in [6, 6.07) is 6.38. The number of nitrogens with zero attached hydrogens (tertiary/aromatic N) is 2. The normalized spacial score (nSPS) is 10.2. The van der Waals surface area contributed by atoms with E-state index >= 15 is 0 Å². The van der Waals surface area contributed by atoms with Crippen LogP contribution in [0.25, 0.3) is 0 Å². The molecule has 0 saturated carbocycles. The predicted molar refractivity (Wildman–Crippen MR) is 69.3 cm³/mol. The van der Waals surface area contributed by atoms with Gasteiger partial charge in [0.15, 0.2) is 5.69 Å². The number of carbonyl (C=O) groups is 2. The molecule has 6 heteroatoms. The Morgan fingerprint density at radius 3 is 2.63 bits per heavy atom. The molecule has 2 aromatic rings. The average Bonchev–Trinajstić information content (AvgIpc) is 2.78. The van der Waals surface area contributed by atoms with E-state index in [9.17, 15) is 9.59 Å². The number of hydrogen-bond donors (Lipinski definition) is 2. The first-order chi connectivity index (χ1) is 8.97. The molecule has 98 valence electrons. The van der Waals surface area contributed by atoms with E-state index in [-0.39, 0.29) is 16.9 Å². The van der Waals surface area contributed by atoms with Crippen molar-refractivity contribution < 1.29 is 14.7 Å². The Hall–Kier alpha value is -2.63. The number of hydrogen-bond acceptors (Lipinski definition) is 3. The van der Waals surface area contributed by atoms with Crippen molar-refractivity contribution in [2.75, 3.05) is 5.32 Å². The van der Waals surface area contributed by atoms with Crippen LogP contribution < -0.4 is 5.32 Å². The fraction of sp³-hybridized carbons (Fsp3) is 0.154. The summed E-state index contributed by atoms with van der Waals surface area (Å²) < 4.78 is 1.50. The maximum Gasteiger partial charge on any atom is 0.337 e. The fourth-order valence-electron chi connectivity index (χ4n) is 1.67. The van der Waals surface area contributed by atoms with Gasteiger partial charge in [0.25, 0.3) is 5.91 Å². The number of aryl methyl sites for hydroxylation is 2. The van der Waals surface area contributed by atoms with E-state index in [1.165, 1.54) is 10.7 Å². The summed E-state index contributed by atoms with van der Waals surface area (Å²) in [5.41, 5.74) is 1.37. The molecule has 1 heterocycles. The van der Waals surface area contributed by atoms with Crippen LogP contribution in [-0.2, 0) is 7.05 Å². The highest BCUT2D eigenvalue weighted by Gasteiger charge is 2.15. The van der Waals surface area contributed by atoms with Crippen molar-refractivity contribution in [1.82, 2.24) is 9.78 Å². The molecule has 6 nitrogen and oxygen atoms in total. The van der Waals surface area contributed by atoms with Gasteiger partial charge in [-0.15, -0.1) is 0 Å². The highest BCUT2D eigenvalue weighted by atomic mass is 16.4. The van der Waals surface area contributed by atoms with Crippen molar-refractivity contribution >= 4 is 17.6 Å². The van der Waals surface area contributed by atoms with Gasteiger partial charge in [0.05, 0.1) is 11.3 Å². The van der Waals surface area contributed by atoms with Crippen molar-refractivity contribution in [2.45, 2.75) is 6.92 Å². The average molecular weight is 259 g/mol. The third kappa shape index (κ3) is 2.79. The van der Waals surface area contributed by atoms with Gasteiger partial charge in [-0.25, -0.2) is 4.79 Å². The molecular formula is C13H13N3O3. The first-order valence-corrected chi connectivity index (χ1v) is 5.62. The quantitative estimate of drug-likeness (QED) is 0.878. The highest BCUT2D eigenvalue weighted by molar-refractivity contribution is 6.06. The predicted octanol–water partition coefficient (Wildman–Crippen LogP) is 1.68. The Kier molecular flexibility index (Phi) is 3.33. The number of amides is 1. The second-order valence-corrected chi connectivity index (χ2v) is 4.18. The lowest BCUT2D eigenvalue weighted by Gasteiger charge is -2.08. The molecule has 1 aromatic heterocycles. The summed E-state index contributed by atoms with van der Waals surface area (Å²) in [6.45, 7) is 1.79. The molecule has 0 aliphatic rings. The van der Waals surface area contributed by atoms with E-state index < -0.39 is 11.9 Å². The Morgan fingerprint density at radius 1 is 1.32 bits per heavy atom. The second kappa shape index (κ2) is 4.93.